The van der Waals surface area contributed by atoms with Crippen LogP contribution in [0.4, 0.5) is 0 Å². The van der Waals surface area contributed by atoms with Crippen molar-refractivity contribution in [1.29, 1.82) is 0 Å². The Morgan fingerprint density at radius 2 is 1.69 bits per heavy atom. The first kappa shape index (κ1) is 21.1. The van der Waals surface area contributed by atoms with Crippen LogP contribution in [-0.4, -0.2) is 81.1 Å². The Morgan fingerprint density at radius 1 is 1.12 bits per heavy atom. The van der Waals surface area contributed by atoms with Gasteiger partial charge in [0.15, 0.2) is 0 Å². The van der Waals surface area contributed by atoms with E-state index in [1.807, 2.05) is 13.8 Å². The maximum absolute atomic E-state index is 12.8. The number of hydrogen-bond acceptors (Lipinski definition) is 5. The first-order chi connectivity index (χ1) is 12.2. The van der Waals surface area contributed by atoms with E-state index in [-0.39, 0.29) is 23.7 Å². The highest BCUT2D eigenvalue weighted by Crippen LogP contribution is 2.20. The average molecular weight is 390 g/mol. The van der Waals surface area contributed by atoms with Gasteiger partial charge in [-0.05, 0) is 25.2 Å². The molecule has 0 aromatic heterocycles. The number of nitrogens with zero attached hydrogens (tertiary/aromatic N) is 2. The van der Waals surface area contributed by atoms with Crippen molar-refractivity contribution in [2.45, 2.75) is 39.2 Å². The van der Waals surface area contributed by atoms with Gasteiger partial charge in [-0.25, -0.2) is 12.7 Å². The van der Waals surface area contributed by atoms with Gasteiger partial charge in [0, 0.05) is 32.1 Å². The third-order valence-electron chi connectivity index (χ3n) is 4.94. The monoisotopic (exact) mass is 389 g/mol. The molecular formula is C17H31N3O5S. The number of carbonyl (C=O) groups is 2. The molecule has 2 aliphatic rings. The molecule has 0 aromatic rings. The first-order valence-corrected chi connectivity index (χ1v) is 11.2. The molecule has 2 heterocycles. The number of nitrogens with one attached hydrogen (secondary N) is 1. The van der Waals surface area contributed by atoms with Gasteiger partial charge >= 0.3 is 0 Å². The van der Waals surface area contributed by atoms with E-state index in [9.17, 15) is 18.0 Å². The fourth-order valence-corrected chi connectivity index (χ4v) is 4.31. The van der Waals surface area contributed by atoms with Crippen molar-refractivity contribution in [3.05, 3.63) is 0 Å². The van der Waals surface area contributed by atoms with Crippen LogP contribution >= 0.6 is 0 Å². The Bertz CT molecular complexity index is 594. The molecule has 9 heteroatoms. The maximum Gasteiger partial charge on any atom is 0.245 e. The van der Waals surface area contributed by atoms with Gasteiger partial charge in [0.25, 0.3) is 0 Å². The number of piperidine rings is 1. The van der Waals surface area contributed by atoms with Gasteiger partial charge in [-0.1, -0.05) is 13.8 Å². The highest BCUT2D eigenvalue weighted by atomic mass is 32.2. The van der Waals surface area contributed by atoms with E-state index in [1.54, 1.807) is 4.90 Å². The second-order valence-electron chi connectivity index (χ2n) is 7.56. The Kier molecular flexibility index (Phi) is 7.42. The number of rotatable bonds is 6. The smallest absolute Gasteiger partial charge is 0.245 e. The van der Waals surface area contributed by atoms with Crippen LogP contribution < -0.4 is 5.32 Å². The summed E-state index contributed by atoms with van der Waals surface area (Å²) in [5.41, 5.74) is 0. The number of morpholine rings is 1. The van der Waals surface area contributed by atoms with Gasteiger partial charge < -0.3 is 15.0 Å². The Morgan fingerprint density at radius 3 is 2.19 bits per heavy atom. The van der Waals surface area contributed by atoms with Gasteiger partial charge in [-0.15, -0.1) is 0 Å². The highest BCUT2D eigenvalue weighted by molar-refractivity contribution is 7.88. The average Bonchev–Trinajstić information content (AvgIpc) is 2.60. The Labute approximate surface area is 156 Å². The zero-order valence-corrected chi connectivity index (χ0v) is 16.8. The van der Waals surface area contributed by atoms with Crippen LogP contribution in [0, 0.1) is 11.8 Å². The minimum absolute atomic E-state index is 0.0519. The zero-order chi connectivity index (χ0) is 19.3. The van der Waals surface area contributed by atoms with Crippen LogP contribution in [0.3, 0.4) is 0 Å². The van der Waals surface area contributed by atoms with Crippen LogP contribution in [0.25, 0.3) is 0 Å². The van der Waals surface area contributed by atoms with Crippen molar-refractivity contribution in [3.63, 3.8) is 0 Å². The van der Waals surface area contributed by atoms with E-state index in [2.05, 4.69) is 5.32 Å². The lowest BCUT2D eigenvalue weighted by atomic mass is 9.95. The summed E-state index contributed by atoms with van der Waals surface area (Å²) >= 11 is 0. The largest absolute Gasteiger partial charge is 0.378 e. The molecule has 0 unspecified atom stereocenters. The molecule has 150 valence electrons. The topological polar surface area (TPSA) is 96.0 Å². The molecule has 2 amide bonds. The molecule has 1 atom stereocenters. The molecule has 0 saturated carbocycles. The fourth-order valence-electron chi connectivity index (χ4n) is 3.44. The lowest BCUT2D eigenvalue weighted by molar-refractivity contribution is -0.141. The van der Waals surface area contributed by atoms with Crippen molar-refractivity contribution < 1.29 is 22.7 Å². The summed E-state index contributed by atoms with van der Waals surface area (Å²) in [4.78, 5) is 27.2. The molecule has 2 rings (SSSR count). The van der Waals surface area contributed by atoms with E-state index in [0.717, 1.165) is 0 Å². The SMILES string of the molecule is CC(C)C[C@@H](NC(=O)C1CCN(S(C)(=O)=O)CC1)C(=O)N1CCOCC1. The molecule has 0 radical (unpaired) electrons. The summed E-state index contributed by atoms with van der Waals surface area (Å²) in [6.45, 7) is 6.90. The minimum atomic E-state index is -3.21. The second-order valence-corrected chi connectivity index (χ2v) is 9.55. The van der Waals surface area contributed by atoms with Crippen molar-refractivity contribution in [2.75, 3.05) is 45.6 Å². The van der Waals surface area contributed by atoms with Crippen LogP contribution in [0.2, 0.25) is 0 Å². The number of hydrogen-bond donors (Lipinski definition) is 1. The van der Waals surface area contributed by atoms with Crippen molar-refractivity contribution in [3.8, 4) is 0 Å². The normalized spacial score (nSPS) is 21.6. The molecule has 2 saturated heterocycles. The third kappa shape index (κ3) is 5.92. The summed E-state index contributed by atoms with van der Waals surface area (Å²) in [5, 5.41) is 2.93. The minimum Gasteiger partial charge on any atom is -0.378 e. The third-order valence-corrected chi connectivity index (χ3v) is 6.24. The number of amides is 2. The van der Waals surface area contributed by atoms with Gasteiger partial charge in [-0.3, -0.25) is 9.59 Å². The van der Waals surface area contributed by atoms with Gasteiger partial charge in [0.1, 0.15) is 6.04 Å². The van der Waals surface area contributed by atoms with Crippen LogP contribution in [0.5, 0.6) is 0 Å². The van der Waals surface area contributed by atoms with E-state index in [4.69, 9.17) is 4.74 Å². The summed E-state index contributed by atoms with van der Waals surface area (Å²) in [7, 11) is -3.21. The van der Waals surface area contributed by atoms with Crippen molar-refractivity contribution in [2.24, 2.45) is 11.8 Å². The summed E-state index contributed by atoms with van der Waals surface area (Å²) in [6.07, 6.45) is 2.75. The molecule has 1 N–H and O–H groups in total. The summed E-state index contributed by atoms with van der Waals surface area (Å²) in [5.74, 6) is -0.174. The number of carbonyl (C=O) groups excluding carboxylic acids is 2. The predicted octanol–water partition coefficient (Wildman–Crippen LogP) is 0.0477. The van der Waals surface area contributed by atoms with Crippen LogP contribution in [-0.2, 0) is 24.3 Å². The highest BCUT2D eigenvalue weighted by Gasteiger charge is 2.33. The summed E-state index contributed by atoms with van der Waals surface area (Å²) in [6, 6.07) is -0.534. The summed E-state index contributed by atoms with van der Waals surface area (Å²) < 4.78 is 29.9. The molecule has 0 spiro atoms. The van der Waals surface area contributed by atoms with E-state index < -0.39 is 16.1 Å². The van der Waals surface area contributed by atoms with Crippen LogP contribution in [0.1, 0.15) is 33.1 Å². The van der Waals surface area contributed by atoms with Crippen LogP contribution in [0.15, 0.2) is 0 Å². The quantitative estimate of drug-likeness (QED) is 0.692. The molecule has 0 bridgehead atoms. The van der Waals surface area contributed by atoms with E-state index in [1.165, 1.54) is 10.6 Å². The molecular weight excluding hydrogens is 358 g/mol. The second kappa shape index (κ2) is 9.14. The number of sulfonamides is 1. The van der Waals surface area contributed by atoms with Gasteiger partial charge in [0.2, 0.25) is 21.8 Å². The number of ether oxygens (including phenoxy) is 1. The van der Waals surface area contributed by atoms with Crippen molar-refractivity contribution in [1.82, 2.24) is 14.5 Å². The molecule has 26 heavy (non-hydrogen) atoms. The first-order valence-electron chi connectivity index (χ1n) is 9.30. The van der Waals surface area contributed by atoms with Gasteiger partial charge in [-0.2, -0.15) is 0 Å². The zero-order valence-electron chi connectivity index (χ0n) is 15.9. The molecule has 0 aromatic carbocycles. The van der Waals surface area contributed by atoms with E-state index >= 15 is 0 Å². The van der Waals surface area contributed by atoms with Crippen molar-refractivity contribution >= 4 is 21.8 Å². The molecule has 2 fully saturated rings. The Hall–Kier alpha value is -1.19. The maximum atomic E-state index is 12.8. The Balaban J connectivity index is 1.95. The lowest BCUT2D eigenvalue weighted by Gasteiger charge is -2.33. The molecule has 0 aliphatic carbocycles. The molecule has 8 nitrogen and oxygen atoms in total. The molecule has 2 aliphatic heterocycles. The van der Waals surface area contributed by atoms with Gasteiger partial charge in [0.05, 0.1) is 19.5 Å². The lowest BCUT2D eigenvalue weighted by Crippen LogP contribution is -2.54. The predicted molar refractivity (Wildman–Crippen MR) is 97.9 cm³/mol. The standard InChI is InChI=1S/C17H31N3O5S/c1-13(2)12-15(17(22)19-8-10-25-11-9-19)18-16(21)14-4-6-20(7-5-14)26(3,23)24/h13-15H,4-12H2,1-3H3,(H,18,21)/t15-/m1/s1. The van der Waals surface area contributed by atoms with E-state index in [0.29, 0.717) is 58.7 Å². The fraction of sp³-hybridized carbons (Fsp3) is 0.882.